The number of hydrogen-bond acceptors (Lipinski definition) is 6. The van der Waals surface area contributed by atoms with Gasteiger partial charge in [0, 0.05) is 36.5 Å². The van der Waals surface area contributed by atoms with E-state index in [2.05, 4.69) is 20.3 Å². The standard InChI is InChI=1S/C26H24ClFN4O3/c1-35-23(15-33)21(13-24-29-10-3-11-30-24)32-26(34)19-4-2-5-20(28)25(19)22-12-17(14-31-22)16-6-8-18(27)9-7-16/h2-12,21,23,33H,13-15H2,1H3,(H,32,34)/t21-,23+/m1/s1. The van der Waals surface area contributed by atoms with E-state index in [0.29, 0.717) is 23.1 Å². The van der Waals surface area contributed by atoms with E-state index >= 15 is 4.39 Å². The maximum Gasteiger partial charge on any atom is 0.252 e. The van der Waals surface area contributed by atoms with Crippen LogP contribution in [0.5, 0.6) is 0 Å². The maximum absolute atomic E-state index is 15.0. The molecule has 0 saturated carbocycles. The molecule has 2 atom stereocenters. The molecule has 7 nitrogen and oxygen atoms in total. The summed E-state index contributed by atoms with van der Waals surface area (Å²) in [7, 11) is 1.44. The minimum absolute atomic E-state index is 0.113. The molecule has 1 amide bonds. The van der Waals surface area contributed by atoms with Crippen LogP contribution >= 0.6 is 11.6 Å². The molecule has 0 aliphatic carbocycles. The summed E-state index contributed by atoms with van der Waals surface area (Å²) in [6.07, 6.45) is 4.47. The molecule has 0 spiro atoms. The molecule has 1 aromatic heterocycles. The van der Waals surface area contributed by atoms with Crippen molar-refractivity contribution < 1.29 is 19.0 Å². The zero-order valence-electron chi connectivity index (χ0n) is 19.0. The van der Waals surface area contributed by atoms with Crippen LogP contribution < -0.4 is 5.32 Å². The molecular weight excluding hydrogens is 471 g/mol. The van der Waals surface area contributed by atoms with Crippen molar-refractivity contribution in [1.82, 2.24) is 15.3 Å². The molecule has 4 rings (SSSR count). The van der Waals surface area contributed by atoms with Crippen LogP contribution in [-0.4, -0.2) is 59.1 Å². The Morgan fingerprint density at radius 1 is 1.17 bits per heavy atom. The number of aliphatic imine (C=N–C) groups is 1. The van der Waals surface area contributed by atoms with E-state index in [9.17, 15) is 9.90 Å². The Balaban J connectivity index is 1.62. The van der Waals surface area contributed by atoms with Crippen LogP contribution in [0.4, 0.5) is 4.39 Å². The number of methoxy groups -OCH3 is 1. The second-order valence-electron chi connectivity index (χ2n) is 7.95. The predicted octanol–water partition coefficient (Wildman–Crippen LogP) is 3.50. The van der Waals surface area contributed by atoms with Crippen molar-refractivity contribution in [2.24, 2.45) is 4.99 Å². The molecule has 1 aliphatic heterocycles. The molecule has 35 heavy (non-hydrogen) atoms. The minimum Gasteiger partial charge on any atom is -0.394 e. The van der Waals surface area contributed by atoms with Gasteiger partial charge in [-0.15, -0.1) is 0 Å². The van der Waals surface area contributed by atoms with Crippen molar-refractivity contribution >= 4 is 28.8 Å². The highest BCUT2D eigenvalue weighted by molar-refractivity contribution is 6.30. The van der Waals surface area contributed by atoms with Crippen LogP contribution in [0.25, 0.3) is 5.57 Å². The Hall–Kier alpha value is -3.46. The zero-order chi connectivity index (χ0) is 24.8. The van der Waals surface area contributed by atoms with Crippen molar-refractivity contribution in [2.75, 3.05) is 20.3 Å². The third-order valence-corrected chi connectivity index (χ3v) is 5.98. The number of aliphatic hydroxyl groups excluding tert-OH is 1. The lowest BCUT2D eigenvalue weighted by atomic mass is 9.98. The molecule has 2 heterocycles. The normalized spacial score (nSPS) is 14.7. The van der Waals surface area contributed by atoms with E-state index in [0.717, 1.165) is 11.1 Å². The van der Waals surface area contributed by atoms with Gasteiger partial charge in [0.2, 0.25) is 0 Å². The molecule has 2 N–H and O–H groups in total. The number of ether oxygens (including phenoxy) is 1. The van der Waals surface area contributed by atoms with Crippen LogP contribution in [0.1, 0.15) is 27.3 Å². The van der Waals surface area contributed by atoms with Gasteiger partial charge in [0.05, 0.1) is 30.5 Å². The number of rotatable bonds is 9. The molecule has 0 bridgehead atoms. The number of carbonyl (C=O) groups excluding carboxylic acids is 1. The van der Waals surface area contributed by atoms with Crippen LogP contribution in [0.2, 0.25) is 5.02 Å². The van der Waals surface area contributed by atoms with Crippen molar-refractivity contribution in [3.8, 4) is 0 Å². The van der Waals surface area contributed by atoms with E-state index in [1.165, 1.54) is 19.2 Å². The molecule has 2 aromatic carbocycles. The van der Waals surface area contributed by atoms with Gasteiger partial charge in [0.15, 0.2) is 0 Å². The number of amides is 1. The summed E-state index contributed by atoms with van der Waals surface area (Å²) in [6.45, 7) is 0.0285. The van der Waals surface area contributed by atoms with Gasteiger partial charge in [-0.05, 0) is 47.5 Å². The predicted molar refractivity (Wildman–Crippen MR) is 132 cm³/mol. The largest absolute Gasteiger partial charge is 0.394 e. The Bertz CT molecular complexity index is 1250. The van der Waals surface area contributed by atoms with E-state index in [1.54, 1.807) is 42.7 Å². The second kappa shape index (κ2) is 11.3. The highest BCUT2D eigenvalue weighted by Crippen LogP contribution is 2.26. The highest BCUT2D eigenvalue weighted by atomic mass is 35.5. The average molecular weight is 495 g/mol. The number of aromatic nitrogens is 2. The van der Waals surface area contributed by atoms with Gasteiger partial charge in [-0.1, -0.05) is 29.8 Å². The topological polar surface area (TPSA) is 96.7 Å². The lowest BCUT2D eigenvalue weighted by Gasteiger charge is -2.25. The van der Waals surface area contributed by atoms with Crippen LogP contribution in [0.15, 0.2) is 72.0 Å². The van der Waals surface area contributed by atoms with Crippen LogP contribution in [-0.2, 0) is 11.2 Å². The Labute approximate surface area is 207 Å². The number of hydrogen-bond donors (Lipinski definition) is 2. The van der Waals surface area contributed by atoms with Gasteiger partial charge < -0.3 is 15.2 Å². The summed E-state index contributed by atoms with van der Waals surface area (Å²) in [5, 5.41) is 13.3. The van der Waals surface area contributed by atoms with Crippen LogP contribution in [0, 0.1) is 5.82 Å². The zero-order valence-corrected chi connectivity index (χ0v) is 19.7. The fourth-order valence-electron chi connectivity index (χ4n) is 3.91. The van der Waals surface area contributed by atoms with Crippen molar-refractivity contribution in [3.63, 3.8) is 0 Å². The highest BCUT2D eigenvalue weighted by Gasteiger charge is 2.27. The third-order valence-electron chi connectivity index (χ3n) is 5.73. The Morgan fingerprint density at radius 2 is 1.91 bits per heavy atom. The molecule has 1 aliphatic rings. The molecule has 0 radical (unpaired) electrons. The summed E-state index contributed by atoms with van der Waals surface area (Å²) >= 11 is 5.98. The van der Waals surface area contributed by atoms with Gasteiger partial charge in [-0.2, -0.15) is 0 Å². The molecule has 0 unspecified atom stereocenters. The number of halogens is 2. The van der Waals surface area contributed by atoms with Crippen molar-refractivity contribution in [3.05, 3.63) is 100 Å². The van der Waals surface area contributed by atoms with Gasteiger partial charge in [0.1, 0.15) is 17.7 Å². The fourth-order valence-corrected chi connectivity index (χ4v) is 4.04. The molecule has 3 aromatic rings. The van der Waals surface area contributed by atoms with E-state index in [4.69, 9.17) is 16.3 Å². The quantitative estimate of drug-likeness (QED) is 0.474. The molecular formula is C26H24ClFN4O3. The first kappa shape index (κ1) is 24.7. The van der Waals surface area contributed by atoms with E-state index < -0.39 is 23.9 Å². The number of nitrogens with zero attached hydrogens (tertiary/aromatic N) is 3. The van der Waals surface area contributed by atoms with Gasteiger partial charge in [-0.3, -0.25) is 9.79 Å². The van der Waals surface area contributed by atoms with Crippen molar-refractivity contribution in [1.29, 1.82) is 0 Å². The summed E-state index contributed by atoms with van der Waals surface area (Å²) in [6, 6.07) is 12.7. The number of allylic oxidation sites excluding steroid dienone is 1. The first-order valence-electron chi connectivity index (χ1n) is 11.0. The van der Waals surface area contributed by atoms with Crippen molar-refractivity contribution in [2.45, 2.75) is 18.6 Å². The van der Waals surface area contributed by atoms with Gasteiger partial charge in [-0.25, -0.2) is 14.4 Å². The smallest absolute Gasteiger partial charge is 0.252 e. The maximum atomic E-state index is 15.0. The first-order chi connectivity index (χ1) is 17.0. The summed E-state index contributed by atoms with van der Waals surface area (Å²) in [5.74, 6) is -0.603. The monoisotopic (exact) mass is 494 g/mol. The lowest BCUT2D eigenvalue weighted by molar-refractivity contribution is 0.0211. The number of aliphatic hydroxyl groups is 1. The number of carbonyl (C=O) groups is 1. The molecule has 0 saturated heterocycles. The molecule has 0 fully saturated rings. The average Bonchev–Trinajstić information content (AvgIpc) is 3.35. The Morgan fingerprint density at radius 3 is 2.60 bits per heavy atom. The second-order valence-corrected chi connectivity index (χ2v) is 8.38. The third kappa shape index (κ3) is 5.79. The lowest BCUT2D eigenvalue weighted by Crippen LogP contribution is -2.47. The Kier molecular flexibility index (Phi) is 7.97. The van der Waals surface area contributed by atoms with E-state index in [-0.39, 0.29) is 24.2 Å². The minimum atomic E-state index is -0.708. The fraction of sp³-hybridized carbons (Fsp3) is 0.231. The molecule has 9 heteroatoms. The summed E-state index contributed by atoms with van der Waals surface area (Å²) in [4.78, 5) is 26.2. The number of nitrogens with one attached hydrogen (secondary N) is 1. The van der Waals surface area contributed by atoms with Gasteiger partial charge >= 0.3 is 0 Å². The SMILES string of the molecule is CO[C@@H](CO)[C@@H](Cc1ncccn1)NC(=O)c1cccc(F)c1C1=NCC(c2ccc(Cl)cc2)=C1. The van der Waals surface area contributed by atoms with Gasteiger partial charge in [0.25, 0.3) is 5.91 Å². The number of benzene rings is 2. The van der Waals surface area contributed by atoms with E-state index in [1.807, 2.05) is 12.1 Å². The first-order valence-corrected chi connectivity index (χ1v) is 11.4. The summed E-state index contributed by atoms with van der Waals surface area (Å²) in [5.41, 5.74) is 2.44. The van der Waals surface area contributed by atoms with Crippen LogP contribution in [0.3, 0.4) is 0 Å². The summed E-state index contributed by atoms with van der Waals surface area (Å²) < 4.78 is 20.4. The molecule has 180 valence electrons.